The summed E-state index contributed by atoms with van der Waals surface area (Å²) in [5.41, 5.74) is 1.20. The van der Waals surface area contributed by atoms with Gasteiger partial charge in [-0.1, -0.05) is 30.3 Å². The minimum Gasteiger partial charge on any atom is -0.373 e. The van der Waals surface area contributed by atoms with Crippen molar-refractivity contribution in [1.29, 1.82) is 0 Å². The van der Waals surface area contributed by atoms with Gasteiger partial charge < -0.3 is 14.4 Å². The van der Waals surface area contributed by atoms with Gasteiger partial charge in [-0.2, -0.15) is 0 Å². The number of nitrogens with zero attached hydrogens (tertiary/aromatic N) is 1. The van der Waals surface area contributed by atoms with Gasteiger partial charge in [0.2, 0.25) is 0 Å². The number of rotatable bonds is 4. The standard InChI is InChI=1S/C17H23NO3/c19-17(16-7-4-12-20-16)18-10-8-15(9-11-18)21-13-14-5-2-1-3-6-14/h1-3,5-6,15-16H,4,7-13H2/t16-/m1/s1. The normalized spacial score (nSPS) is 23.4. The second-order valence-corrected chi connectivity index (χ2v) is 5.82. The lowest BCUT2D eigenvalue weighted by molar-refractivity contribution is -0.143. The molecule has 0 aromatic heterocycles. The Hall–Kier alpha value is -1.39. The minimum absolute atomic E-state index is 0.175. The predicted molar refractivity (Wildman–Crippen MR) is 79.8 cm³/mol. The Bertz CT molecular complexity index is 448. The van der Waals surface area contributed by atoms with Crippen molar-refractivity contribution in [3.8, 4) is 0 Å². The van der Waals surface area contributed by atoms with Gasteiger partial charge in [-0.05, 0) is 31.2 Å². The second-order valence-electron chi connectivity index (χ2n) is 5.82. The van der Waals surface area contributed by atoms with Gasteiger partial charge >= 0.3 is 0 Å². The van der Waals surface area contributed by atoms with Gasteiger partial charge in [0.1, 0.15) is 6.10 Å². The highest BCUT2D eigenvalue weighted by Crippen LogP contribution is 2.20. The van der Waals surface area contributed by atoms with Crippen LogP contribution in [0.15, 0.2) is 30.3 Å². The summed E-state index contributed by atoms with van der Waals surface area (Å²) in [6.45, 7) is 2.97. The van der Waals surface area contributed by atoms with Crippen LogP contribution in [0.25, 0.3) is 0 Å². The van der Waals surface area contributed by atoms with Crippen molar-refractivity contribution in [2.45, 2.75) is 44.5 Å². The monoisotopic (exact) mass is 289 g/mol. The number of hydrogen-bond donors (Lipinski definition) is 0. The van der Waals surface area contributed by atoms with Crippen LogP contribution in [0.5, 0.6) is 0 Å². The van der Waals surface area contributed by atoms with E-state index in [-0.39, 0.29) is 18.1 Å². The Kier molecular flexibility index (Phi) is 4.88. The zero-order valence-corrected chi connectivity index (χ0v) is 12.4. The molecule has 0 bridgehead atoms. The molecule has 2 saturated heterocycles. The number of likely N-dealkylation sites (tertiary alicyclic amines) is 1. The Labute approximate surface area is 126 Å². The summed E-state index contributed by atoms with van der Waals surface area (Å²) in [6, 6.07) is 10.2. The zero-order chi connectivity index (χ0) is 14.5. The van der Waals surface area contributed by atoms with E-state index in [9.17, 15) is 4.79 Å². The van der Waals surface area contributed by atoms with Crippen molar-refractivity contribution in [1.82, 2.24) is 4.90 Å². The number of carbonyl (C=O) groups is 1. The Morgan fingerprint density at radius 2 is 1.95 bits per heavy atom. The molecular weight excluding hydrogens is 266 g/mol. The van der Waals surface area contributed by atoms with E-state index in [2.05, 4.69) is 12.1 Å². The molecule has 1 atom stereocenters. The molecule has 4 nitrogen and oxygen atoms in total. The molecule has 0 saturated carbocycles. The fraction of sp³-hybridized carbons (Fsp3) is 0.588. The smallest absolute Gasteiger partial charge is 0.251 e. The maximum absolute atomic E-state index is 12.2. The number of amides is 1. The van der Waals surface area contributed by atoms with Crippen LogP contribution in [0.4, 0.5) is 0 Å². The van der Waals surface area contributed by atoms with E-state index in [1.165, 1.54) is 5.56 Å². The SMILES string of the molecule is O=C([C@H]1CCCO1)N1CCC(OCc2ccccc2)CC1. The van der Waals surface area contributed by atoms with Gasteiger partial charge in [0.25, 0.3) is 5.91 Å². The van der Waals surface area contributed by atoms with E-state index < -0.39 is 0 Å². The first-order chi connectivity index (χ1) is 10.3. The summed E-state index contributed by atoms with van der Waals surface area (Å²) in [6.07, 6.45) is 3.80. The Morgan fingerprint density at radius 3 is 2.62 bits per heavy atom. The molecule has 0 N–H and O–H groups in total. The molecule has 0 radical (unpaired) electrons. The molecule has 0 unspecified atom stereocenters. The van der Waals surface area contributed by atoms with Gasteiger partial charge in [0.15, 0.2) is 0 Å². The molecule has 2 heterocycles. The lowest BCUT2D eigenvalue weighted by atomic mass is 10.1. The Morgan fingerprint density at radius 1 is 1.19 bits per heavy atom. The zero-order valence-electron chi connectivity index (χ0n) is 12.4. The molecule has 1 aromatic carbocycles. The first-order valence-electron chi connectivity index (χ1n) is 7.89. The quantitative estimate of drug-likeness (QED) is 0.854. The molecular formula is C17H23NO3. The maximum atomic E-state index is 12.2. The van der Waals surface area contributed by atoms with Crippen molar-refractivity contribution in [3.05, 3.63) is 35.9 Å². The van der Waals surface area contributed by atoms with Crippen LogP contribution in [0, 0.1) is 0 Å². The fourth-order valence-corrected chi connectivity index (χ4v) is 3.01. The van der Waals surface area contributed by atoms with E-state index in [4.69, 9.17) is 9.47 Å². The first kappa shape index (κ1) is 14.5. The molecule has 2 aliphatic rings. The van der Waals surface area contributed by atoms with Gasteiger partial charge in [-0.15, -0.1) is 0 Å². The average molecular weight is 289 g/mol. The van der Waals surface area contributed by atoms with Gasteiger partial charge in [-0.25, -0.2) is 0 Å². The second kappa shape index (κ2) is 7.05. The summed E-state index contributed by atoms with van der Waals surface area (Å²) in [4.78, 5) is 14.2. The summed E-state index contributed by atoms with van der Waals surface area (Å²) < 4.78 is 11.4. The molecule has 1 aromatic rings. The van der Waals surface area contributed by atoms with Gasteiger partial charge in [0.05, 0.1) is 12.7 Å². The number of ether oxygens (including phenoxy) is 2. The highest BCUT2D eigenvalue weighted by molar-refractivity contribution is 5.81. The topological polar surface area (TPSA) is 38.8 Å². The number of hydrogen-bond acceptors (Lipinski definition) is 3. The lowest BCUT2D eigenvalue weighted by Gasteiger charge is -2.33. The fourth-order valence-electron chi connectivity index (χ4n) is 3.01. The summed E-state index contributed by atoms with van der Waals surface area (Å²) in [5, 5.41) is 0. The molecule has 2 fully saturated rings. The molecule has 21 heavy (non-hydrogen) atoms. The van der Waals surface area contributed by atoms with Gasteiger partial charge in [-0.3, -0.25) is 4.79 Å². The summed E-state index contributed by atoms with van der Waals surface area (Å²) >= 11 is 0. The van der Waals surface area contributed by atoms with Crippen LogP contribution in [0.3, 0.4) is 0 Å². The van der Waals surface area contributed by atoms with Crippen LogP contribution in [-0.4, -0.2) is 42.7 Å². The van der Waals surface area contributed by atoms with E-state index in [0.717, 1.165) is 45.4 Å². The van der Waals surface area contributed by atoms with Crippen LogP contribution in [-0.2, 0) is 20.9 Å². The van der Waals surface area contributed by atoms with Gasteiger partial charge in [0, 0.05) is 19.7 Å². The molecule has 114 valence electrons. The number of carbonyl (C=O) groups excluding carboxylic acids is 1. The minimum atomic E-state index is -0.188. The molecule has 0 aliphatic carbocycles. The number of piperidine rings is 1. The van der Waals surface area contributed by atoms with Crippen LogP contribution < -0.4 is 0 Å². The summed E-state index contributed by atoms with van der Waals surface area (Å²) in [7, 11) is 0. The third-order valence-corrected chi connectivity index (χ3v) is 4.29. The summed E-state index contributed by atoms with van der Waals surface area (Å²) in [5.74, 6) is 0.175. The average Bonchev–Trinajstić information content (AvgIpc) is 3.08. The highest BCUT2D eigenvalue weighted by Gasteiger charge is 2.30. The highest BCUT2D eigenvalue weighted by atomic mass is 16.5. The van der Waals surface area contributed by atoms with Crippen molar-refractivity contribution in [3.63, 3.8) is 0 Å². The van der Waals surface area contributed by atoms with Crippen molar-refractivity contribution < 1.29 is 14.3 Å². The van der Waals surface area contributed by atoms with Crippen molar-refractivity contribution >= 4 is 5.91 Å². The van der Waals surface area contributed by atoms with Crippen LogP contribution >= 0.6 is 0 Å². The van der Waals surface area contributed by atoms with Crippen molar-refractivity contribution in [2.24, 2.45) is 0 Å². The van der Waals surface area contributed by atoms with Crippen LogP contribution in [0.1, 0.15) is 31.2 Å². The molecule has 4 heteroatoms. The van der Waals surface area contributed by atoms with E-state index in [1.54, 1.807) is 0 Å². The maximum Gasteiger partial charge on any atom is 0.251 e. The largest absolute Gasteiger partial charge is 0.373 e. The molecule has 2 aliphatic heterocycles. The lowest BCUT2D eigenvalue weighted by Crippen LogP contribution is -2.45. The molecule has 1 amide bonds. The third-order valence-electron chi connectivity index (χ3n) is 4.29. The first-order valence-corrected chi connectivity index (χ1v) is 7.89. The third kappa shape index (κ3) is 3.83. The number of benzene rings is 1. The van der Waals surface area contributed by atoms with Crippen LogP contribution in [0.2, 0.25) is 0 Å². The Balaban J connectivity index is 1.41. The predicted octanol–water partition coefficient (Wildman–Crippen LogP) is 2.37. The molecule has 3 rings (SSSR count). The van der Waals surface area contributed by atoms with E-state index in [0.29, 0.717) is 6.61 Å². The van der Waals surface area contributed by atoms with Crippen molar-refractivity contribution in [2.75, 3.05) is 19.7 Å². The molecule has 0 spiro atoms. The van der Waals surface area contributed by atoms with E-state index >= 15 is 0 Å². The van der Waals surface area contributed by atoms with E-state index in [1.807, 2.05) is 23.1 Å².